The molecule has 0 saturated carbocycles. The van der Waals surface area contributed by atoms with Crippen molar-refractivity contribution in [2.75, 3.05) is 0 Å². The Labute approximate surface area is 130 Å². The van der Waals surface area contributed by atoms with Gasteiger partial charge in [-0.05, 0) is 42.5 Å². The van der Waals surface area contributed by atoms with Crippen LogP contribution in [0.2, 0.25) is 5.02 Å². The van der Waals surface area contributed by atoms with Gasteiger partial charge in [0, 0.05) is 22.9 Å². The van der Waals surface area contributed by atoms with Gasteiger partial charge in [0.25, 0.3) is 0 Å². The number of hydrogen-bond acceptors (Lipinski definition) is 1. The zero-order chi connectivity index (χ0) is 14.8. The van der Waals surface area contributed by atoms with E-state index in [4.69, 9.17) is 16.7 Å². The van der Waals surface area contributed by atoms with Crippen LogP contribution in [0.1, 0.15) is 38.4 Å². The molecule has 110 valence electrons. The van der Waals surface area contributed by atoms with E-state index in [9.17, 15) is 0 Å². The second-order valence-electron chi connectivity index (χ2n) is 5.40. The third-order valence-electron chi connectivity index (χ3n) is 4.05. The van der Waals surface area contributed by atoms with E-state index in [1.165, 1.54) is 5.39 Å². The molecule has 0 saturated heterocycles. The lowest BCUT2D eigenvalue weighted by molar-refractivity contribution is 0.425. The smallest absolute Gasteiger partial charge is 0.0821 e. The highest BCUT2D eigenvalue weighted by molar-refractivity contribution is 6.31. The Balaban J connectivity index is 1.87. The fourth-order valence-corrected chi connectivity index (χ4v) is 2.96. The molecular weight excluding hydrogens is 282 g/mol. The third kappa shape index (κ3) is 2.84. The molecule has 0 spiro atoms. The van der Waals surface area contributed by atoms with E-state index in [1.807, 2.05) is 12.1 Å². The van der Waals surface area contributed by atoms with Gasteiger partial charge in [0.1, 0.15) is 0 Å². The number of hydrogen-bond donors (Lipinski definition) is 0. The summed E-state index contributed by atoms with van der Waals surface area (Å²) in [4.78, 5) is 0. The minimum absolute atomic E-state index is 0.495. The Morgan fingerprint density at radius 2 is 1.90 bits per heavy atom. The van der Waals surface area contributed by atoms with Gasteiger partial charge >= 0.3 is 0 Å². The molecule has 4 heteroatoms. The summed E-state index contributed by atoms with van der Waals surface area (Å²) < 4.78 is 4.29. The molecule has 0 fully saturated rings. The summed E-state index contributed by atoms with van der Waals surface area (Å²) in [5.41, 5.74) is 2.24. The van der Waals surface area contributed by atoms with Crippen molar-refractivity contribution in [3.8, 4) is 0 Å². The molecule has 0 aliphatic carbocycles. The number of benzene rings is 1. The van der Waals surface area contributed by atoms with Gasteiger partial charge in [0.15, 0.2) is 0 Å². The monoisotopic (exact) mass is 301 g/mol. The molecule has 0 aliphatic rings. The van der Waals surface area contributed by atoms with Crippen LogP contribution in [0.4, 0.5) is 0 Å². The van der Waals surface area contributed by atoms with Crippen LogP contribution in [-0.2, 0) is 6.54 Å². The van der Waals surface area contributed by atoms with E-state index in [0.29, 0.717) is 6.04 Å². The molecule has 0 N–H and O–H groups in total. The van der Waals surface area contributed by atoms with Gasteiger partial charge in [0.05, 0.1) is 18.3 Å². The molecule has 2 heterocycles. The Kier molecular flexibility index (Phi) is 4.02. The van der Waals surface area contributed by atoms with Crippen molar-refractivity contribution in [3.63, 3.8) is 0 Å². The summed E-state index contributed by atoms with van der Waals surface area (Å²) in [7, 11) is 0. The lowest BCUT2D eigenvalue weighted by Crippen LogP contribution is -2.08. The Bertz CT molecular complexity index is 737. The van der Waals surface area contributed by atoms with Crippen LogP contribution in [0.5, 0.6) is 0 Å². The summed E-state index contributed by atoms with van der Waals surface area (Å²) in [5.74, 6) is 0. The first-order chi connectivity index (χ1) is 10.2. The average molecular weight is 302 g/mol. The zero-order valence-electron chi connectivity index (χ0n) is 12.5. The van der Waals surface area contributed by atoms with Gasteiger partial charge in [-0.25, -0.2) is 0 Å². The quantitative estimate of drug-likeness (QED) is 0.657. The maximum absolute atomic E-state index is 6.10. The summed E-state index contributed by atoms with van der Waals surface area (Å²) >= 11 is 6.10. The van der Waals surface area contributed by atoms with Crippen LogP contribution in [0.25, 0.3) is 10.9 Å². The van der Waals surface area contributed by atoms with Crippen LogP contribution in [0, 0.1) is 0 Å². The largest absolute Gasteiger partial charge is 0.341 e. The SMILES string of the molecule is CCC(CC)n1ccc(Cn2ccc3ccc(Cl)cc32)n1. The third-order valence-corrected chi connectivity index (χ3v) is 4.28. The predicted molar refractivity (Wildman–Crippen MR) is 87.9 cm³/mol. The lowest BCUT2D eigenvalue weighted by Gasteiger charge is -2.12. The molecule has 0 amide bonds. The average Bonchev–Trinajstić information content (AvgIpc) is 3.09. The first-order valence-electron chi connectivity index (χ1n) is 7.49. The topological polar surface area (TPSA) is 22.8 Å². The number of halogens is 1. The number of fused-ring (bicyclic) bond motifs is 1. The van der Waals surface area contributed by atoms with Crippen molar-refractivity contribution in [3.05, 3.63) is 53.4 Å². The summed E-state index contributed by atoms with van der Waals surface area (Å²) in [6, 6.07) is 10.7. The van der Waals surface area contributed by atoms with Crippen LogP contribution >= 0.6 is 11.6 Å². The highest BCUT2D eigenvalue weighted by Gasteiger charge is 2.09. The molecule has 1 aromatic carbocycles. The highest BCUT2D eigenvalue weighted by Crippen LogP contribution is 2.21. The van der Waals surface area contributed by atoms with Gasteiger partial charge in [-0.15, -0.1) is 0 Å². The van der Waals surface area contributed by atoms with Crippen LogP contribution in [0.3, 0.4) is 0 Å². The minimum atomic E-state index is 0.495. The van der Waals surface area contributed by atoms with E-state index in [0.717, 1.165) is 35.6 Å². The Morgan fingerprint density at radius 3 is 2.67 bits per heavy atom. The predicted octanol–water partition coefficient (Wildman–Crippen LogP) is 4.90. The van der Waals surface area contributed by atoms with E-state index in [2.05, 4.69) is 53.7 Å². The summed E-state index contributed by atoms with van der Waals surface area (Å²) in [5, 5.41) is 6.69. The van der Waals surface area contributed by atoms with E-state index >= 15 is 0 Å². The molecule has 0 atom stereocenters. The number of nitrogens with zero attached hydrogens (tertiary/aromatic N) is 3. The van der Waals surface area contributed by atoms with Crippen molar-refractivity contribution < 1.29 is 0 Å². The minimum Gasteiger partial charge on any atom is -0.341 e. The van der Waals surface area contributed by atoms with Crippen molar-refractivity contribution in [1.29, 1.82) is 0 Å². The molecule has 0 unspecified atom stereocenters. The number of rotatable bonds is 5. The maximum atomic E-state index is 6.10. The molecule has 3 aromatic rings. The van der Waals surface area contributed by atoms with Crippen LogP contribution in [-0.4, -0.2) is 14.3 Å². The van der Waals surface area contributed by atoms with Gasteiger partial charge < -0.3 is 4.57 Å². The molecule has 0 radical (unpaired) electrons. The van der Waals surface area contributed by atoms with Gasteiger partial charge in [-0.2, -0.15) is 5.10 Å². The molecule has 21 heavy (non-hydrogen) atoms. The highest BCUT2D eigenvalue weighted by atomic mass is 35.5. The van der Waals surface area contributed by atoms with Gasteiger partial charge in [-0.3, -0.25) is 4.68 Å². The van der Waals surface area contributed by atoms with E-state index in [1.54, 1.807) is 0 Å². The molecule has 3 rings (SSSR count). The van der Waals surface area contributed by atoms with E-state index in [-0.39, 0.29) is 0 Å². The second kappa shape index (κ2) is 5.94. The maximum Gasteiger partial charge on any atom is 0.0821 e. The van der Waals surface area contributed by atoms with E-state index < -0.39 is 0 Å². The fourth-order valence-electron chi connectivity index (χ4n) is 2.80. The fraction of sp³-hybridized carbons (Fsp3) is 0.353. The Morgan fingerprint density at radius 1 is 1.10 bits per heavy atom. The number of aromatic nitrogens is 3. The van der Waals surface area contributed by atoms with Crippen molar-refractivity contribution in [2.45, 2.75) is 39.3 Å². The van der Waals surface area contributed by atoms with Crippen molar-refractivity contribution in [2.24, 2.45) is 0 Å². The standard InChI is InChI=1S/C17H20ClN3/c1-3-16(4-2)21-10-8-15(19-21)12-20-9-7-13-5-6-14(18)11-17(13)20/h5-11,16H,3-4,12H2,1-2H3. The normalized spacial score (nSPS) is 11.6. The Hall–Kier alpha value is -1.74. The summed E-state index contributed by atoms with van der Waals surface area (Å²) in [6.45, 7) is 5.19. The molecule has 0 aliphatic heterocycles. The molecule has 0 bridgehead atoms. The molecule has 2 aromatic heterocycles. The lowest BCUT2D eigenvalue weighted by atomic mass is 10.2. The second-order valence-corrected chi connectivity index (χ2v) is 5.84. The molecular formula is C17H20ClN3. The first-order valence-corrected chi connectivity index (χ1v) is 7.87. The summed E-state index contributed by atoms with van der Waals surface area (Å²) in [6.07, 6.45) is 6.40. The van der Waals surface area contributed by atoms with Crippen LogP contribution < -0.4 is 0 Å². The zero-order valence-corrected chi connectivity index (χ0v) is 13.2. The van der Waals surface area contributed by atoms with Crippen LogP contribution in [0.15, 0.2) is 42.7 Å². The van der Waals surface area contributed by atoms with Crippen molar-refractivity contribution in [1.82, 2.24) is 14.3 Å². The van der Waals surface area contributed by atoms with Gasteiger partial charge in [-0.1, -0.05) is 31.5 Å². The van der Waals surface area contributed by atoms with Gasteiger partial charge in [0.2, 0.25) is 0 Å². The first kappa shape index (κ1) is 14.2. The molecule has 3 nitrogen and oxygen atoms in total. The van der Waals surface area contributed by atoms with Crippen molar-refractivity contribution >= 4 is 22.5 Å².